The van der Waals surface area contributed by atoms with Gasteiger partial charge in [-0.25, -0.2) is 14.8 Å². The van der Waals surface area contributed by atoms with Crippen LogP contribution >= 0.6 is 0 Å². The summed E-state index contributed by atoms with van der Waals surface area (Å²) < 4.78 is 9.11. The molecule has 0 aliphatic rings. The molecule has 0 saturated heterocycles. The number of anilines is 1. The molecule has 2 amide bonds. The smallest absolute Gasteiger partial charge is 0.320 e. The van der Waals surface area contributed by atoms with Crippen LogP contribution in [0.2, 0.25) is 0 Å². The van der Waals surface area contributed by atoms with Gasteiger partial charge in [0.05, 0.1) is 12.8 Å². The minimum Gasteiger partial charge on any atom is -0.495 e. The van der Waals surface area contributed by atoms with Gasteiger partial charge in [0.1, 0.15) is 23.4 Å². The van der Waals surface area contributed by atoms with Gasteiger partial charge in [-0.05, 0) is 37.1 Å². The predicted octanol–water partition coefficient (Wildman–Crippen LogP) is 2.69. The van der Waals surface area contributed by atoms with Gasteiger partial charge in [0.15, 0.2) is 0 Å². The highest BCUT2D eigenvalue weighted by Crippen LogP contribution is 2.28. The number of ether oxygens (including phenoxy) is 1. The van der Waals surface area contributed by atoms with E-state index in [1.54, 1.807) is 19.5 Å². The van der Waals surface area contributed by atoms with E-state index in [0.29, 0.717) is 23.1 Å². The van der Waals surface area contributed by atoms with Gasteiger partial charge in [0, 0.05) is 38.9 Å². The first-order valence-corrected chi connectivity index (χ1v) is 8.58. The Kier molecular flexibility index (Phi) is 5.16. The first-order valence-electron chi connectivity index (χ1n) is 8.58. The van der Waals surface area contributed by atoms with E-state index in [1.165, 1.54) is 0 Å². The lowest BCUT2D eigenvalue weighted by atomic mass is 10.1. The molecule has 2 aromatic heterocycles. The van der Waals surface area contributed by atoms with Gasteiger partial charge in [-0.2, -0.15) is 0 Å². The molecule has 2 N–H and O–H groups in total. The quantitative estimate of drug-likeness (QED) is 0.725. The number of imidazole rings is 2. The summed E-state index contributed by atoms with van der Waals surface area (Å²) in [5, 5.41) is 5.84. The second-order valence-electron chi connectivity index (χ2n) is 6.46. The molecule has 0 aliphatic carbocycles. The minimum absolute atomic E-state index is 0.368. The largest absolute Gasteiger partial charge is 0.495 e. The van der Waals surface area contributed by atoms with E-state index in [-0.39, 0.29) is 6.03 Å². The zero-order chi connectivity index (χ0) is 19.6. The Morgan fingerprint density at radius 2 is 1.59 bits per heavy atom. The number of carbonyl (C=O) groups is 1. The van der Waals surface area contributed by atoms with Crippen LogP contribution in [-0.2, 0) is 14.1 Å². The predicted molar refractivity (Wildman–Crippen MR) is 103 cm³/mol. The van der Waals surface area contributed by atoms with Gasteiger partial charge in [0.25, 0.3) is 0 Å². The van der Waals surface area contributed by atoms with E-state index < -0.39 is 6.04 Å². The molecule has 1 aromatic carbocycles. The van der Waals surface area contributed by atoms with E-state index >= 15 is 0 Å². The molecule has 8 nitrogen and oxygen atoms in total. The van der Waals surface area contributed by atoms with Crippen LogP contribution in [0, 0.1) is 13.8 Å². The Bertz CT molecular complexity index is 919. The van der Waals surface area contributed by atoms with Gasteiger partial charge in [-0.1, -0.05) is 0 Å². The molecule has 3 aromatic rings. The van der Waals surface area contributed by atoms with E-state index in [2.05, 4.69) is 20.6 Å². The lowest BCUT2D eigenvalue weighted by Crippen LogP contribution is -2.36. The summed E-state index contributed by atoms with van der Waals surface area (Å²) in [6.07, 6.45) is 7.04. The van der Waals surface area contributed by atoms with Crippen molar-refractivity contribution < 1.29 is 9.53 Å². The summed E-state index contributed by atoms with van der Waals surface area (Å²) in [5.74, 6) is 1.98. The van der Waals surface area contributed by atoms with Crippen LogP contribution in [0.15, 0.2) is 36.9 Å². The summed E-state index contributed by atoms with van der Waals surface area (Å²) in [5.41, 5.74) is 2.77. The zero-order valence-corrected chi connectivity index (χ0v) is 16.1. The molecule has 0 aliphatic heterocycles. The normalized spacial score (nSPS) is 10.9. The molecule has 0 bridgehead atoms. The van der Waals surface area contributed by atoms with Crippen molar-refractivity contribution in [1.82, 2.24) is 24.4 Å². The van der Waals surface area contributed by atoms with Crippen molar-refractivity contribution in [1.29, 1.82) is 0 Å². The lowest BCUT2D eigenvalue weighted by molar-refractivity contribution is 0.249. The van der Waals surface area contributed by atoms with Crippen LogP contribution in [-0.4, -0.2) is 32.2 Å². The molecule has 8 heteroatoms. The minimum atomic E-state index is -0.498. The Morgan fingerprint density at radius 3 is 2.07 bits per heavy atom. The maximum Gasteiger partial charge on any atom is 0.320 e. The lowest BCUT2D eigenvalue weighted by Gasteiger charge is -2.20. The van der Waals surface area contributed by atoms with E-state index in [0.717, 1.165) is 11.1 Å². The van der Waals surface area contributed by atoms with E-state index in [1.807, 2.05) is 61.6 Å². The van der Waals surface area contributed by atoms with Gasteiger partial charge >= 0.3 is 6.03 Å². The summed E-state index contributed by atoms with van der Waals surface area (Å²) in [6.45, 7) is 3.99. The highest BCUT2D eigenvalue weighted by Gasteiger charge is 2.24. The van der Waals surface area contributed by atoms with E-state index in [4.69, 9.17) is 4.74 Å². The van der Waals surface area contributed by atoms with Crippen LogP contribution in [0.1, 0.15) is 28.8 Å². The van der Waals surface area contributed by atoms with Crippen molar-refractivity contribution in [3.05, 3.63) is 59.7 Å². The van der Waals surface area contributed by atoms with Crippen molar-refractivity contribution in [3.63, 3.8) is 0 Å². The number of nitrogens with one attached hydrogen (secondary N) is 2. The van der Waals surface area contributed by atoms with Crippen LogP contribution in [0.25, 0.3) is 0 Å². The highest BCUT2D eigenvalue weighted by molar-refractivity contribution is 5.91. The summed E-state index contributed by atoms with van der Waals surface area (Å²) in [4.78, 5) is 21.5. The number of benzene rings is 1. The van der Waals surface area contributed by atoms with E-state index in [9.17, 15) is 4.79 Å². The summed E-state index contributed by atoms with van der Waals surface area (Å²) in [7, 11) is 5.34. The van der Waals surface area contributed by atoms with Crippen LogP contribution < -0.4 is 15.4 Å². The number of amides is 2. The fourth-order valence-corrected chi connectivity index (χ4v) is 2.90. The molecular formula is C19H24N6O2. The second-order valence-corrected chi connectivity index (χ2v) is 6.46. The number of aromatic nitrogens is 4. The van der Waals surface area contributed by atoms with Crippen molar-refractivity contribution in [2.45, 2.75) is 19.9 Å². The maximum absolute atomic E-state index is 12.7. The van der Waals surface area contributed by atoms with Crippen LogP contribution in [0.5, 0.6) is 5.75 Å². The molecular weight excluding hydrogens is 344 g/mol. The number of hydrogen-bond donors (Lipinski definition) is 2. The molecule has 0 unspecified atom stereocenters. The molecule has 2 heterocycles. The Labute approximate surface area is 158 Å². The topological polar surface area (TPSA) is 86.0 Å². The fourth-order valence-electron chi connectivity index (χ4n) is 2.90. The van der Waals surface area contributed by atoms with Gasteiger partial charge in [0.2, 0.25) is 0 Å². The zero-order valence-electron chi connectivity index (χ0n) is 16.1. The summed E-state index contributed by atoms with van der Waals surface area (Å²) in [6, 6.07) is 2.93. The van der Waals surface area contributed by atoms with Gasteiger partial charge in [-0.15, -0.1) is 0 Å². The van der Waals surface area contributed by atoms with Gasteiger partial charge < -0.3 is 24.5 Å². The SMILES string of the molecule is COc1cc(C)c(C)cc1NC(=O)NC(c1nccn1C)c1nccn1C. The Hall–Kier alpha value is -3.29. The number of rotatable bonds is 5. The maximum atomic E-state index is 12.7. The number of hydrogen-bond acceptors (Lipinski definition) is 4. The molecule has 142 valence electrons. The van der Waals surface area contributed by atoms with Crippen molar-refractivity contribution >= 4 is 11.7 Å². The highest BCUT2D eigenvalue weighted by atomic mass is 16.5. The molecule has 27 heavy (non-hydrogen) atoms. The number of carbonyl (C=O) groups excluding carboxylic acids is 1. The molecule has 0 radical (unpaired) electrons. The van der Waals surface area contributed by atoms with Gasteiger partial charge in [-0.3, -0.25) is 0 Å². The third kappa shape index (κ3) is 3.79. The average Bonchev–Trinajstić information content (AvgIpc) is 3.24. The van der Waals surface area contributed by atoms with Crippen LogP contribution in [0.4, 0.5) is 10.5 Å². The Balaban J connectivity index is 1.87. The third-order valence-electron chi connectivity index (χ3n) is 4.57. The van der Waals surface area contributed by atoms with Crippen molar-refractivity contribution in [2.24, 2.45) is 14.1 Å². The Morgan fingerprint density at radius 1 is 1.04 bits per heavy atom. The standard InChI is InChI=1S/C19H24N6O2/c1-12-10-14(15(27-5)11-13(12)2)22-19(26)23-16(17-20-6-8-24(17)3)18-21-7-9-25(18)4/h6-11,16H,1-5H3,(H2,22,23,26). The molecule has 0 fully saturated rings. The monoisotopic (exact) mass is 368 g/mol. The molecule has 0 atom stereocenters. The van der Waals surface area contributed by atoms with Crippen LogP contribution in [0.3, 0.4) is 0 Å². The molecule has 0 saturated carbocycles. The van der Waals surface area contributed by atoms with Crippen molar-refractivity contribution in [3.8, 4) is 5.75 Å². The first kappa shape index (κ1) is 18.5. The van der Waals surface area contributed by atoms with Crippen molar-refractivity contribution in [2.75, 3.05) is 12.4 Å². The third-order valence-corrected chi connectivity index (χ3v) is 4.57. The number of aryl methyl sites for hydroxylation is 4. The second kappa shape index (κ2) is 7.53. The average molecular weight is 368 g/mol. The number of methoxy groups -OCH3 is 1. The summed E-state index contributed by atoms with van der Waals surface area (Å²) >= 11 is 0. The first-order chi connectivity index (χ1) is 12.9. The fraction of sp³-hybridized carbons (Fsp3) is 0.316. The number of urea groups is 1. The molecule has 0 spiro atoms. The molecule has 3 rings (SSSR count). The number of nitrogens with zero attached hydrogens (tertiary/aromatic N) is 4.